The Morgan fingerprint density at radius 3 is 2.41 bits per heavy atom. The fraction of sp³-hybridized carbons (Fsp3) is 0.500. The second-order valence-corrected chi connectivity index (χ2v) is 8.80. The summed E-state index contributed by atoms with van der Waals surface area (Å²) < 4.78 is 44.3. The number of benzene rings is 1. The molecule has 7 nitrogen and oxygen atoms in total. The minimum absolute atomic E-state index is 0.0399. The summed E-state index contributed by atoms with van der Waals surface area (Å²) in [5.41, 5.74) is 7.68. The maximum atomic E-state index is 13.0. The van der Waals surface area contributed by atoms with Crippen LogP contribution in [0, 0.1) is 13.8 Å². The van der Waals surface area contributed by atoms with Crippen molar-refractivity contribution in [2.75, 3.05) is 18.8 Å². The summed E-state index contributed by atoms with van der Waals surface area (Å²) in [7, 11) is 0. The van der Waals surface area contributed by atoms with Gasteiger partial charge in [-0.1, -0.05) is 18.2 Å². The summed E-state index contributed by atoms with van der Waals surface area (Å²) in [6.07, 6.45) is -4.15. The SMILES string of the molecule is Cc1cc(CN(CC(=O)OC(C)(C)C)CC(F)(F)F)ccc1Cc1c(C)nc(N)[nH]c1=O. The number of rotatable bonds is 7. The van der Waals surface area contributed by atoms with Crippen LogP contribution in [0.5, 0.6) is 0 Å². The number of anilines is 1. The number of hydrogen-bond donors (Lipinski definition) is 2. The molecule has 0 fully saturated rings. The highest BCUT2D eigenvalue weighted by molar-refractivity contribution is 5.72. The van der Waals surface area contributed by atoms with Crippen molar-refractivity contribution in [1.29, 1.82) is 0 Å². The molecular formula is C22H29F3N4O3. The largest absolute Gasteiger partial charge is 0.459 e. The third-order valence-electron chi connectivity index (χ3n) is 4.60. The monoisotopic (exact) mass is 454 g/mol. The van der Waals surface area contributed by atoms with Crippen LogP contribution >= 0.6 is 0 Å². The van der Waals surface area contributed by atoms with Crippen molar-refractivity contribution >= 4 is 11.9 Å². The van der Waals surface area contributed by atoms with Crippen LogP contribution < -0.4 is 11.3 Å². The summed E-state index contributed by atoms with van der Waals surface area (Å²) >= 11 is 0. The molecular weight excluding hydrogens is 425 g/mol. The first-order valence-electron chi connectivity index (χ1n) is 10.1. The van der Waals surface area contributed by atoms with Crippen LogP contribution in [0.1, 0.15) is 48.7 Å². The molecule has 0 atom stereocenters. The van der Waals surface area contributed by atoms with Crippen LogP contribution in [0.4, 0.5) is 19.1 Å². The van der Waals surface area contributed by atoms with Crippen LogP contribution in [0.25, 0.3) is 0 Å². The second-order valence-electron chi connectivity index (χ2n) is 8.80. The highest BCUT2D eigenvalue weighted by Crippen LogP contribution is 2.21. The average Bonchev–Trinajstić information content (AvgIpc) is 2.56. The van der Waals surface area contributed by atoms with Gasteiger partial charge in [0.05, 0.1) is 18.8 Å². The lowest BCUT2D eigenvalue weighted by molar-refractivity contribution is -0.164. The Kier molecular flexibility index (Phi) is 7.71. The minimum atomic E-state index is -4.46. The van der Waals surface area contributed by atoms with Crippen LogP contribution in [-0.2, 0) is 22.5 Å². The number of ether oxygens (including phenoxy) is 1. The van der Waals surface area contributed by atoms with Crippen molar-refractivity contribution in [1.82, 2.24) is 14.9 Å². The van der Waals surface area contributed by atoms with E-state index in [-0.39, 0.29) is 18.1 Å². The molecule has 0 saturated heterocycles. The molecule has 10 heteroatoms. The van der Waals surface area contributed by atoms with Gasteiger partial charge in [-0.25, -0.2) is 4.98 Å². The molecule has 2 aromatic rings. The van der Waals surface area contributed by atoms with E-state index in [0.717, 1.165) is 16.0 Å². The molecule has 0 unspecified atom stereocenters. The summed E-state index contributed by atoms with van der Waals surface area (Å²) in [6, 6.07) is 5.20. The maximum absolute atomic E-state index is 13.0. The standard InChI is InChI=1S/C22H29F3N4O3/c1-13-8-15(6-7-16(13)9-17-14(2)27-20(26)28-19(17)31)10-29(12-22(23,24)25)11-18(30)32-21(3,4)5/h6-8H,9-12H2,1-5H3,(H3,26,27,28,31). The molecule has 0 spiro atoms. The van der Waals surface area contributed by atoms with Crippen LogP contribution in [0.2, 0.25) is 0 Å². The summed E-state index contributed by atoms with van der Waals surface area (Å²) in [6.45, 7) is 6.68. The maximum Gasteiger partial charge on any atom is 0.401 e. The fourth-order valence-electron chi connectivity index (χ4n) is 3.32. The molecule has 1 aromatic heterocycles. The van der Waals surface area contributed by atoms with E-state index >= 15 is 0 Å². The number of nitrogens with one attached hydrogen (secondary N) is 1. The predicted molar refractivity (Wildman–Crippen MR) is 115 cm³/mol. The number of nitrogens with two attached hydrogens (primary N) is 1. The van der Waals surface area contributed by atoms with E-state index < -0.39 is 30.8 Å². The topological polar surface area (TPSA) is 101 Å². The van der Waals surface area contributed by atoms with Crippen molar-refractivity contribution in [2.45, 2.75) is 59.4 Å². The van der Waals surface area contributed by atoms with Crippen molar-refractivity contribution in [3.63, 3.8) is 0 Å². The Labute approximate surface area is 184 Å². The zero-order valence-corrected chi connectivity index (χ0v) is 18.9. The number of nitrogen functional groups attached to an aromatic ring is 1. The molecule has 3 N–H and O–H groups in total. The Balaban J connectivity index is 2.20. The van der Waals surface area contributed by atoms with Crippen LogP contribution in [0.3, 0.4) is 0 Å². The van der Waals surface area contributed by atoms with Gasteiger partial charge in [-0.15, -0.1) is 0 Å². The number of halogens is 3. The van der Waals surface area contributed by atoms with Crippen LogP contribution in [-0.4, -0.2) is 45.7 Å². The Hall–Kier alpha value is -2.88. The first kappa shape index (κ1) is 25.4. The molecule has 0 radical (unpaired) electrons. The molecule has 176 valence electrons. The normalized spacial score (nSPS) is 12.3. The van der Waals surface area contributed by atoms with Gasteiger partial charge in [0, 0.05) is 18.5 Å². The zero-order chi connectivity index (χ0) is 24.3. The molecule has 0 aliphatic heterocycles. The Bertz CT molecular complexity index is 1030. The Morgan fingerprint density at radius 2 is 1.88 bits per heavy atom. The smallest absolute Gasteiger partial charge is 0.401 e. The number of aryl methyl sites for hydroxylation is 2. The highest BCUT2D eigenvalue weighted by atomic mass is 19.4. The van der Waals surface area contributed by atoms with E-state index in [4.69, 9.17) is 10.5 Å². The lowest BCUT2D eigenvalue weighted by atomic mass is 9.98. The predicted octanol–water partition coefficient (Wildman–Crippen LogP) is 3.27. The number of H-pyrrole nitrogens is 1. The molecule has 0 aliphatic carbocycles. The van der Waals surface area contributed by atoms with Crippen LogP contribution in [0.15, 0.2) is 23.0 Å². The van der Waals surface area contributed by atoms with Crippen molar-refractivity contribution < 1.29 is 22.7 Å². The van der Waals surface area contributed by atoms with E-state index in [2.05, 4.69) is 9.97 Å². The van der Waals surface area contributed by atoms with E-state index in [1.165, 1.54) is 0 Å². The van der Waals surface area contributed by atoms with E-state index in [1.807, 2.05) is 6.92 Å². The zero-order valence-electron chi connectivity index (χ0n) is 18.9. The second kappa shape index (κ2) is 9.72. The van der Waals surface area contributed by atoms with E-state index in [1.54, 1.807) is 45.9 Å². The lowest BCUT2D eigenvalue weighted by Crippen LogP contribution is -2.39. The summed E-state index contributed by atoms with van der Waals surface area (Å²) in [5, 5.41) is 0. The van der Waals surface area contributed by atoms with Gasteiger partial charge < -0.3 is 10.5 Å². The van der Waals surface area contributed by atoms with Gasteiger partial charge in [0.1, 0.15) is 5.60 Å². The molecule has 0 bridgehead atoms. The Morgan fingerprint density at radius 1 is 1.22 bits per heavy atom. The number of aromatic amines is 1. The average molecular weight is 454 g/mol. The third-order valence-corrected chi connectivity index (χ3v) is 4.60. The fourth-order valence-corrected chi connectivity index (χ4v) is 3.32. The van der Waals surface area contributed by atoms with Gasteiger partial charge in [0.2, 0.25) is 5.95 Å². The number of esters is 1. The molecule has 1 aromatic carbocycles. The number of carbonyl (C=O) groups excluding carboxylic acids is 1. The first-order valence-corrected chi connectivity index (χ1v) is 10.1. The van der Waals surface area contributed by atoms with Gasteiger partial charge in [-0.2, -0.15) is 13.2 Å². The van der Waals surface area contributed by atoms with Gasteiger partial charge in [0.25, 0.3) is 5.56 Å². The quantitative estimate of drug-likeness (QED) is 0.623. The third kappa shape index (κ3) is 7.99. The van der Waals surface area contributed by atoms with Gasteiger partial charge >= 0.3 is 12.1 Å². The number of hydrogen-bond acceptors (Lipinski definition) is 6. The molecule has 0 aliphatic rings. The number of aromatic nitrogens is 2. The summed E-state index contributed by atoms with van der Waals surface area (Å²) in [4.78, 5) is 31.8. The van der Waals surface area contributed by atoms with Crippen molar-refractivity contribution in [3.05, 3.63) is 56.5 Å². The lowest BCUT2D eigenvalue weighted by Gasteiger charge is -2.26. The van der Waals surface area contributed by atoms with E-state index in [0.29, 0.717) is 23.2 Å². The number of nitrogens with zero attached hydrogens (tertiary/aromatic N) is 2. The van der Waals surface area contributed by atoms with Gasteiger partial charge in [-0.3, -0.25) is 19.5 Å². The number of carbonyl (C=O) groups is 1. The number of alkyl halides is 3. The molecule has 0 amide bonds. The molecule has 1 heterocycles. The first-order chi connectivity index (χ1) is 14.6. The van der Waals surface area contributed by atoms with Gasteiger partial charge in [0.15, 0.2) is 0 Å². The molecule has 2 rings (SSSR count). The summed E-state index contributed by atoms with van der Waals surface area (Å²) in [5.74, 6) is -0.682. The van der Waals surface area contributed by atoms with Crippen molar-refractivity contribution in [2.24, 2.45) is 0 Å². The van der Waals surface area contributed by atoms with E-state index in [9.17, 15) is 22.8 Å². The minimum Gasteiger partial charge on any atom is -0.459 e. The highest BCUT2D eigenvalue weighted by Gasteiger charge is 2.32. The van der Waals surface area contributed by atoms with Gasteiger partial charge in [-0.05, 0) is 51.3 Å². The molecule has 0 saturated carbocycles. The molecule has 32 heavy (non-hydrogen) atoms. The van der Waals surface area contributed by atoms with Crippen molar-refractivity contribution in [3.8, 4) is 0 Å².